The zero-order valence-electron chi connectivity index (χ0n) is 8.57. The molecule has 1 rings (SSSR count). The maximum absolute atomic E-state index is 11.9. The molecule has 3 nitrogen and oxygen atoms in total. The van der Waals surface area contributed by atoms with Gasteiger partial charge in [-0.05, 0) is 24.1 Å². The minimum absolute atomic E-state index is 0.103. The lowest BCUT2D eigenvalue weighted by molar-refractivity contribution is -0.0498. The number of benzene rings is 1. The molecule has 0 radical (unpaired) electrons. The van der Waals surface area contributed by atoms with Crippen LogP contribution in [0.1, 0.15) is 24.4 Å². The van der Waals surface area contributed by atoms with Gasteiger partial charge in [-0.1, -0.05) is 12.1 Å². The molecule has 0 saturated carbocycles. The number of nitrogens with zero attached hydrogens (tertiary/aromatic N) is 1. The summed E-state index contributed by atoms with van der Waals surface area (Å²) in [6.45, 7) is -2.82. The molecule has 0 spiro atoms. The van der Waals surface area contributed by atoms with Gasteiger partial charge in [0, 0.05) is 12.5 Å². The molecule has 0 saturated heterocycles. The molecule has 0 aliphatic rings. The van der Waals surface area contributed by atoms with E-state index in [0.29, 0.717) is 12.8 Å². The Hall–Kier alpha value is -1.67. The highest BCUT2D eigenvalue weighted by molar-refractivity contribution is 5.29. The summed E-state index contributed by atoms with van der Waals surface area (Å²) in [6, 6.07) is 7.88. The van der Waals surface area contributed by atoms with Crippen LogP contribution in [0.2, 0.25) is 0 Å². The largest absolute Gasteiger partial charge is 0.435 e. The van der Waals surface area contributed by atoms with E-state index in [-0.39, 0.29) is 11.8 Å². The number of ether oxygens (including phenoxy) is 1. The smallest absolute Gasteiger partial charge is 0.387 e. The molecule has 86 valence electrons. The van der Waals surface area contributed by atoms with Gasteiger partial charge in [-0.2, -0.15) is 14.0 Å². The zero-order chi connectivity index (χ0) is 12.0. The average molecular weight is 226 g/mol. The van der Waals surface area contributed by atoms with Crippen molar-refractivity contribution in [2.24, 2.45) is 5.73 Å². The van der Waals surface area contributed by atoms with Gasteiger partial charge in [0.15, 0.2) is 0 Å². The van der Waals surface area contributed by atoms with E-state index in [1.807, 2.05) is 6.07 Å². The second-order valence-corrected chi connectivity index (χ2v) is 3.25. The van der Waals surface area contributed by atoms with Gasteiger partial charge in [-0.3, -0.25) is 0 Å². The first-order chi connectivity index (χ1) is 7.63. The molecule has 16 heavy (non-hydrogen) atoms. The third-order valence-electron chi connectivity index (χ3n) is 2.10. The van der Waals surface area contributed by atoms with Crippen LogP contribution in [0.4, 0.5) is 8.78 Å². The molecule has 0 fully saturated rings. The molecular formula is C11H12F2N2O. The van der Waals surface area contributed by atoms with Gasteiger partial charge < -0.3 is 10.5 Å². The van der Waals surface area contributed by atoms with Gasteiger partial charge in [0.1, 0.15) is 5.75 Å². The quantitative estimate of drug-likeness (QED) is 0.839. The van der Waals surface area contributed by atoms with Crippen molar-refractivity contribution >= 4 is 0 Å². The molecule has 2 N–H and O–H groups in total. The zero-order valence-corrected chi connectivity index (χ0v) is 8.57. The highest BCUT2D eigenvalue weighted by atomic mass is 19.3. The Morgan fingerprint density at radius 1 is 1.31 bits per heavy atom. The Morgan fingerprint density at radius 2 is 1.94 bits per heavy atom. The first-order valence-electron chi connectivity index (χ1n) is 4.81. The number of halogens is 2. The van der Waals surface area contributed by atoms with Gasteiger partial charge in [-0.15, -0.1) is 0 Å². The molecule has 0 aliphatic heterocycles. The van der Waals surface area contributed by atoms with Crippen molar-refractivity contribution in [3.05, 3.63) is 29.8 Å². The Labute approximate surface area is 92.4 Å². The molecule has 1 aromatic carbocycles. The van der Waals surface area contributed by atoms with E-state index in [4.69, 9.17) is 11.0 Å². The van der Waals surface area contributed by atoms with Crippen molar-refractivity contribution in [2.75, 3.05) is 0 Å². The normalized spacial score (nSPS) is 12.2. The summed E-state index contributed by atoms with van der Waals surface area (Å²) < 4.78 is 27.9. The van der Waals surface area contributed by atoms with Crippen LogP contribution in [0, 0.1) is 11.3 Å². The van der Waals surface area contributed by atoms with Crippen LogP contribution >= 0.6 is 0 Å². The van der Waals surface area contributed by atoms with Gasteiger partial charge in [0.25, 0.3) is 0 Å². The van der Waals surface area contributed by atoms with E-state index in [2.05, 4.69) is 4.74 Å². The molecule has 0 heterocycles. The van der Waals surface area contributed by atoms with E-state index >= 15 is 0 Å². The number of hydrogen-bond donors (Lipinski definition) is 1. The highest BCUT2D eigenvalue weighted by Gasteiger charge is 2.07. The molecule has 1 atom stereocenters. The Balaban J connectivity index is 2.60. The van der Waals surface area contributed by atoms with E-state index in [0.717, 1.165) is 5.56 Å². The summed E-state index contributed by atoms with van der Waals surface area (Å²) in [5.74, 6) is 0.103. The van der Waals surface area contributed by atoms with Crippen molar-refractivity contribution in [3.8, 4) is 11.8 Å². The molecule has 0 bridgehead atoms. The first kappa shape index (κ1) is 12.4. The number of nitriles is 1. The highest BCUT2D eigenvalue weighted by Crippen LogP contribution is 2.20. The summed E-state index contributed by atoms with van der Waals surface area (Å²) in [7, 11) is 0. The van der Waals surface area contributed by atoms with Crippen LogP contribution < -0.4 is 10.5 Å². The molecule has 0 aliphatic carbocycles. The molecule has 0 amide bonds. The number of rotatable bonds is 5. The van der Waals surface area contributed by atoms with Crippen LogP contribution in [0.5, 0.6) is 5.75 Å². The van der Waals surface area contributed by atoms with Crippen LogP contribution in [-0.4, -0.2) is 6.61 Å². The maximum atomic E-state index is 11.9. The summed E-state index contributed by atoms with van der Waals surface area (Å²) in [5.41, 5.74) is 6.59. The second-order valence-electron chi connectivity index (χ2n) is 3.25. The Morgan fingerprint density at radius 3 is 2.44 bits per heavy atom. The Kier molecular flexibility index (Phi) is 4.67. The van der Waals surface area contributed by atoms with Crippen molar-refractivity contribution in [2.45, 2.75) is 25.5 Å². The van der Waals surface area contributed by atoms with Crippen LogP contribution in [-0.2, 0) is 0 Å². The molecule has 1 aromatic rings. The minimum Gasteiger partial charge on any atom is -0.435 e. The van der Waals surface area contributed by atoms with E-state index in [9.17, 15) is 8.78 Å². The second kappa shape index (κ2) is 6.03. The monoisotopic (exact) mass is 226 g/mol. The lowest BCUT2D eigenvalue weighted by Gasteiger charge is -2.11. The molecule has 5 heteroatoms. The maximum Gasteiger partial charge on any atom is 0.387 e. The van der Waals surface area contributed by atoms with Crippen molar-refractivity contribution in [1.82, 2.24) is 0 Å². The standard InChI is InChI=1S/C11H12F2N2O/c12-11(13)16-9-5-3-8(4-6-9)10(15)2-1-7-14/h3-6,10-11H,1-2,15H2. The predicted octanol–water partition coefficient (Wildman–Crippen LogP) is 2.59. The summed E-state index contributed by atoms with van der Waals surface area (Å²) in [4.78, 5) is 0. The van der Waals surface area contributed by atoms with Gasteiger partial charge >= 0.3 is 6.61 Å². The van der Waals surface area contributed by atoms with Crippen LogP contribution in [0.3, 0.4) is 0 Å². The van der Waals surface area contributed by atoms with Crippen molar-refractivity contribution in [3.63, 3.8) is 0 Å². The average Bonchev–Trinajstić information content (AvgIpc) is 2.26. The van der Waals surface area contributed by atoms with Crippen LogP contribution in [0.25, 0.3) is 0 Å². The number of hydrogen-bond acceptors (Lipinski definition) is 3. The van der Waals surface area contributed by atoms with E-state index in [1.165, 1.54) is 12.1 Å². The lowest BCUT2D eigenvalue weighted by atomic mass is 10.0. The fourth-order valence-corrected chi connectivity index (χ4v) is 1.28. The molecular weight excluding hydrogens is 214 g/mol. The van der Waals surface area contributed by atoms with Gasteiger partial charge in [0.2, 0.25) is 0 Å². The van der Waals surface area contributed by atoms with Crippen LogP contribution in [0.15, 0.2) is 24.3 Å². The van der Waals surface area contributed by atoms with Gasteiger partial charge in [-0.25, -0.2) is 0 Å². The third kappa shape index (κ3) is 3.83. The molecule has 1 unspecified atom stereocenters. The summed E-state index contributed by atoms with van der Waals surface area (Å²) in [6.07, 6.45) is 0.919. The lowest BCUT2D eigenvalue weighted by Crippen LogP contribution is -2.10. The SMILES string of the molecule is N#CCCC(N)c1ccc(OC(F)F)cc1. The Bertz CT molecular complexity index is 359. The third-order valence-corrected chi connectivity index (χ3v) is 2.10. The fourth-order valence-electron chi connectivity index (χ4n) is 1.28. The predicted molar refractivity (Wildman–Crippen MR) is 54.8 cm³/mol. The van der Waals surface area contributed by atoms with Crippen molar-refractivity contribution < 1.29 is 13.5 Å². The molecule has 0 aromatic heterocycles. The minimum atomic E-state index is -2.82. The van der Waals surface area contributed by atoms with Gasteiger partial charge in [0.05, 0.1) is 6.07 Å². The van der Waals surface area contributed by atoms with E-state index < -0.39 is 6.61 Å². The topological polar surface area (TPSA) is 59.0 Å². The first-order valence-corrected chi connectivity index (χ1v) is 4.81. The number of nitrogens with two attached hydrogens (primary N) is 1. The summed E-state index contributed by atoms with van der Waals surface area (Å²) in [5, 5.41) is 8.40. The fraction of sp³-hybridized carbons (Fsp3) is 0.364. The van der Waals surface area contributed by atoms with Crippen molar-refractivity contribution in [1.29, 1.82) is 5.26 Å². The van der Waals surface area contributed by atoms with E-state index in [1.54, 1.807) is 12.1 Å². The number of alkyl halides is 2. The summed E-state index contributed by atoms with van der Waals surface area (Å²) >= 11 is 0.